The average Bonchev–Trinajstić information content (AvgIpc) is 3.30. The van der Waals surface area contributed by atoms with Gasteiger partial charge >= 0.3 is 0 Å². The molecule has 0 bridgehead atoms. The Bertz CT molecular complexity index is 1010. The normalized spacial score (nSPS) is 19.0. The van der Waals surface area contributed by atoms with E-state index in [9.17, 15) is 0 Å². The fourth-order valence-electron chi connectivity index (χ4n) is 5.51. The third kappa shape index (κ3) is 7.49. The average molecular weight is 541 g/mol. The molecule has 38 heavy (non-hydrogen) atoms. The van der Waals surface area contributed by atoms with Crippen LogP contribution >= 0.6 is 9.39 Å². The largest absolute Gasteiger partial charge is 0.380 e. The molecular weight excluding hydrogens is 491 g/mol. The number of para-hydroxylation sites is 2. The molecule has 0 spiro atoms. The van der Waals surface area contributed by atoms with E-state index in [1.165, 1.54) is 35.3 Å². The zero-order chi connectivity index (χ0) is 27.2. The Morgan fingerprint density at radius 1 is 1.00 bits per heavy atom. The minimum atomic E-state index is -0.316. The summed E-state index contributed by atoms with van der Waals surface area (Å²) in [6.45, 7) is 17.2. The van der Waals surface area contributed by atoms with Gasteiger partial charge in [-0.15, -0.1) is 0 Å². The smallest absolute Gasteiger partial charge is 0.102 e. The Hall–Kier alpha value is -1.69. The lowest BCUT2D eigenvalue weighted by Crippen LogP contribution is -2.48. The maximum atomic E-state index is 6.27. The number of rotatable bonds is 13. The number of fused-ring (bicyclic) bond motifs is 1. The van der Waals surface area contributed by atoms with Crippen molar-refractivity contribution in [1.82, 2.24) is 9.99 Å². The molecule has 2 atom stereocenters. The van der Waals surface area contributed by atoms with Crippen molar-refractivity contribution in [1.29, 1.82) is 0 Å². The van der Waals surface area contributed by atoms with Gasteiger partial charge in [0.2, 0.25) is 0 Å². The molecule has 0 radical (unpaired) electrons. The zero-order valence-electron chi connectivity index (χ0n) is 24.1. The van der Waals surface area contributed by atoms with Crippen LogP contribution in [0.25, 0.3) is 0 Å². The third-order valence-corrected chi connectivity index (χ3v) is 8.94. The van der Waals surface area contributed by atoms with Gasteiger partial charge in [0, 0.05) is 31.2 Å². The molecule has 0 aliphatic carbocycles. The Kier molecular flexibility index (Phi) is 10.1. The van der Waals surface area contributed by atoms with Gasteiger partial charge in [-0.3, -0.25) is 5.09 Å². The summed E-state index contributed by atoms with van der Waals surface area (Å²) in [4.78, 5) is 5.18. The highest BCUT2D eigenvalue weighted by Gasteiger charge is 2.36. The zero-order valence-corrected chi connectivity index (χ0v) is 25.3. The molecule has 2 aromatic carbocycles. The van der Waals surface area contributed by atoms with Gasteiger partial charge in [0.05, 0.1) is 30.2 Å². The van der Waals surface area contributed by atoms with Crippen LogP contribution < -0.4 is 15.3 Å². The van der Waals surface area contributed by atoms with Crippen molar-refractivity contribution in [2.45, 2.75) is 71.2 Å². The molecule has 1 fully saturated rings. The predicted molar refractivity (Wildman–Crippen MR) is 163 cm³/mol. The second-order valence-corrected chi connectivity index (χ2v) is 12.2. The molecule has 2 aliphatic heterocycles. The lowest BCUT2D eigenvalue weighted by Gasteiger charge is -2.39. The number of piperidine rings is 1. The van der Waals surface area contributed by atoms with Crippen LogP contribution in [0.15, 0.2) is 48.5 Å². The fraction of sp³-hybridized carbons (Fsp3) is 0.613. The molecule has 0 amide bonds. The molecule has 2 heterocycles. The van der Waals surface area contributed by atoms with Crippen molar-refractivity contribution in [2.75, 3.05) is 56.2 Å². The molecule has 2 aromatic rings. The monoisotopic (exact) mass is 540 g/mol. The molecule has 2 aliphatic rings. The van der Waals surface area contributed by atoms with Crippen LogP contribution in [-0.2, 0) is 21.5 Å². The third-order valence-electron chi connectivity index (χ3n) is 8.16. The highest BCUT2D eigenvalue weighted by atomic mass is 31.0. The Morgan fingerprint density at radius 3 is 2.39 bits per heavy atom. The molecule has 2 unspecified atom stereocenters. The summed E-state index contributed by atoms with van der Waals surface area (Å²) in [5.41, 5.74) is 4.81. The lowest BCUT2D eigenvalue weighted by atomic mass is 9.92. The molecule has 1 saturated heterocycles. The van der Waals surface area contributed by atoms with Crippen molar-refractivity contribution in [3.63, 3.8) is 0 Å². The van der Waals surface area contributed by atoms with Crippen molar-refractivity contribution in [3.8, 4) is 0 Å². The molecule has 2 N–H and O–H groups in total. The number of likely N-dealkylation sites (tertiary alicyclic amines) is 1. The second-order valence-electron chi connectivity index (χ2n) is 11.9. The SMILES string of the molecule is CCOCCN1c2ccccc2NC1C1CCN(CCc2ccc(C(C)(C)OCC(C)(C)NP)cc2)CC1. The van der Waals surface area contributed by atoms with Gasteiger partial charge in [0.25, 0.3) is 0 Å². The summed E-state index contributed by atoms with van der Waals surface area (Å²) in [5, 5.41) is 7.06. The molecule has 0 saturated carbocycles. The lowest BCUT2D eigenvalue weighted by molar-refractivity contribution is -0.0427. The molecule has 0 aromatic heterocycles. The Labute approximate surface area is 233 Å². The van der Waals surface area contributed by atoms with Gasteiger partial charge in [0.1, 0.15) is 6.17 Å². The van der Waals surface area contributed by atoms with Gasteiger partial charge in [-0.1, -0.05) is 45.8 Å². The van der Waals surface area contributed by atoms with Crippen LogP contribution in [0.3, 0.4) is 0 Å². The van der Waals surface area contributed by atoms with Gasteiger partial charge in [-0.05, 0) is 90.2 Å². The van der Waals surface area contributed by atoms with Crippen LogP contribution in [0, 0.1) is 5.92 Å². The van der Waals surface area contributed by atoms with Crippen molar-refractivity contribution < 1.29 is 9.47 Å². The number of benzene rings is 2. The van der Waals surface area contributed by atoms with Crippen LogP contribution in [-0.4, -0.2) is 62.6 Å². The second kappa shape index (κ2) is 13.1. The van der Waals surface area contributed by atoms with E-state index in [1.54, 1.807) is 0 Å². The first-order valence-corrected chi connectivity index (χ1v) is 14.9. The standard InChI is InChI=1S/C31H49N4O2P/c1-6-36-22-21-35-28-10-8-7-9-27(28)32-29(35)25-16-19-34(20-17-25)18-15-24-11-13-26(14-12-24)31(4,5)37-23-30(2,3)33-38/h7-14,25,29,32-33H,6,15-23,38H2,1-5H3. The quantitative estimate of drug-likeness (QED) is 0.253. The van der Waals surface area contributed by atoms with E-state index in [2.05, 4.69) is 113 Å². The number of hydrogen-bond acceptors (Lipinski definition) is 6. The minimum absolute atomic E-state index is 0.0745. The van der Waals surface area contributed by atoms with Crippen molar-refractivity contribution >= 4 is 20.8 Å². The molecule has 6 nitrogen and oxygen atoms in total. The van der Waals surface area contributed by atoms with E-state index in [-0.39, 0.29) is 11.1 Å². The molecular formula is C31H49N4O2P. The van der Waals surface area contributed by atoms with E-state index < -0.39 is 0 Å². The summed E-state index contributed by atoms with van der Waals surface area (Å²) in [6, 6.07) is 17.8. The van der Waals surface area contributed by atoms with E-state index in [0.717, 1.165) is 45.8 Å². The van der Waals surface area contributed by atoms with Crippen LogP contribution in [0.4, 0.5) is 11.4 Å². The number of hydrogen-bond donors (Lipinski definition) is 2. The van der Waals surface area contributed by atoms with Crippen molar-refractivity contribution in [3.05, 3.63) is 59.7 Å². The summed E-state index contributed by atoms with van der Waals surface area (Å²) in [6.07, 6.45) is 3.90. The highest BCUT2D eigenvalue weighted by Crippen LogP contribution is 2.39. The first kappa shape index (κ1) is 29.3. The van der Waals surface area contributed by atoms with Gasteiger partial charge in [0.15, 0.2) is 0 Å². The van der Waals surface area contributed by atoms with Crippen molar-refractivity contribution in [2.24, 2.45) is 5.92 Å². The first-order valence-electron chi connectivity index (χ1n) is 14.4. The number of nitrogens with zero attached hydrogens (tertiary/aromatic N) is 2. The fourth-order valence-corrected chi connectivity index (χ4v) is 5.59. The van der Waals surface area contributed by atoms with Gasteiger partial charge < -0.3 is 24.6 Å². The highest BCUT2D eigenvalue weighted by molar-refractivity contribution is 7.13. The Morgan fingerprint density at radius 2 is 1.71 bits per heavy atom. The van der Waals surface area contributed by atoms with Crippen LogP contribution in [0.2, 0.25) is 0 Å². The van der Waals surface area contributed by atoms with Crippen LogP contribution in [0.5, 0.6) is 0 Å². The maximum Gasteiger partial charge on any atom is 0.102 e. The molecule has 4 rings (SSSR count). The topological polar surface area (TPSA) is 49.0 Å². The maximum absolute atomic E-state index is 6.27. The van der Waals surface area contributed by atoms with E-state index in [0.29, 0.717) is 18.7 Å². The summed E-state index contributed by atoms with van der Waals surface area (Å²) >= 11 is 0. The predicted octanol–water partition coefficient (Wildman–Crippen LogP) is 5.65. The molecule has 7 heteroatoms. The van der Waals surface area contributed by atoms with Gasteiger partial charge in [-0.25, -0.2) is 0 Å². The molecule has 210 valence electrons. The number of nitrogens with one attached hydrogen (secondary N) is 2. The number of ether oxygens (including phenoxy) is 2. The van der Waals surface area contributed by atoms with Gasteiger partial charge in [-0.2, -0.15) is 0 Å². The minimum Gasteiger partial charge on any atom is -0.380 e. The van der Waals surface area contributed by atoms with E-state index >= 15 is 0 Å². The number of anilines is 2. The first-order chi connectivity index (χ1) is 18.2. The summed E-state index contributed by atoms with van der Waals surface area (Å²) < 4.78 is 12.0. The Balaban J connectivity index is 1.25. The summed E-state index contributed by atoms with van der Waals surface area (Å²) in [7, 11) is 2.59. The van der Waals surface area contributed by atoms with Crippen LogP contribution in [0.1, 0.15) is 58.6 Å². The summed E-state index contributed by atoms with van der Waals surface area (Å²) in [5.74, 6) is 0.647. The van der Waals surface area contributed by atoms with E-state index in [4.69, 9.17) is 9.47 Å². The van der Waals surface area contributed by atoms with E-state index in [1.807, 2.05) is 0 Å².